The van der Waals surface area contributed by atoms with Gasteiger partial charge in [0, 0.05) is 6.54 Å². The van der Waals surface area contributed by atoms with Crippen molar-refractivity contribution in [1.82, 2.24) is 4.72 Å². The molecule has 0 fully saturated rings. The molecule has 2 aromatic carbocycles. The van der Waals surface area contributed by atoms with E-state index in [1.54, 1.807) is 24.3 Å². The Morgan fingerprint density at radius 1 is 1.17 bits per heavy atom. The van der Waals surface area contributed by atoms with Crippen molar-refractivity contribution >= 4 is 16.0 Å². The first-order valence-corrected chi connectivity index (χ1v) is 8.25. The maximum atomic E-state index is 13.1. The first kappa shape index (κ1) is 17.1. The molecule has 0 aliphatic heterocycles. The van der Waals surface area contributed by atoms with Crippen LogP contribution in [0.4, 0.5) is 4.39 Å². The number of carbonyl (C=O) groups is 1. The maximum Gasteiger partial charge on any atom is 0.337 e. The van der Waals surface area contributed by atoms with Gasteiger partial charge in [0.15, 0.2) is 0 Å². The van der Waals surface area contributed by atoms with E-state index in [2.05, 4.69) is 9.46 Å². The lowest BCUT2D eigenvalue weighted by Gasteiger charge is -2.09. The van der Waals surface area contributed by atoms with Crippen LogP contribution in [0.5, 0.6) is 0 Å². The number of ether oxygens (including phenoxy) is 1. The number of nitrogens with one attached hydrogen (secondary N) is 1. The van der Waals surface area contributed by atoms with Crippen molar-refractivity contribution in [1.29, 1.82) is 0 Å². The molecule has 7 heteroatoms. The molecule has 0 aliphatic rings. The van der Waals surface area contributed by atoms with Crippen LogP contribution in [0, 0.1) is 12.7 Å². The van der Waals surface area contributed by atoms with Crippen LogP contribution in [-0.4, -0.2) is 21.5 Å². The van der Waals surface area contributed by atoms with Crippen molar-refractivity contribution in [2.24, 2.45) is 0 Å². The van der Waals surface area contributed by atoms with Crippen LogP contribution in [0.25, 0.3) is 0 Å². The predicted octanol–water partition coefficient (Wildman–Crippen LogP) is 2.40. The quantitative estimate of drug-likeness (QED) is 0.851. The third-order valence-electron chi connectivity index (χ3n) is 3.27. The number of aryl methyl sites for hydroxylation is 1. The fraction of sp³-hybridized carbons (Fsp3) is 0.188. The summed E-state index contributed by atoms with van der Waals surface area (Å²) in [6.45, 7) is 1.59. The van der Waals surface area contributed by atoms with Gasteiger partial charge >= 0.3 is 5.97 Å². The molecule has 5 nitrogen and oxygen atoms in total. The molecule has 0 radical (unpaired) electrons. The Hall–Kier alpha value is -2.25. The molecule has 0 saturated heterocycles. The Morgan fingerprint density at radius 3 is 2.39 bits per heavy atom. The van der Waals surface area contributed by atoms with Gasteiger partial charge in [-0.25, -0.2) is 22.3 Å². The Kier molecular flexibility index (Phi) is 5.12. The number of rotatable bonds is 5. The highest BCUT2D eigenvalue weighted by molar-refractivity contribution is 7.89. The summed E-state index contributed by atoms with van der Waals surface area (Å²) in [5.41, 5.74) is 1.40. The average molecular weight is 337 g/mol. The minimum atomic E-state index is -3.75. The Bertz CT molecular complexity index is 816. The molecule has 0 amide bonds. The summed E-state index contributed by atoms with van der Waals surface area (Å²) in [4.78, 5) is 11.4. The van der Waals surface area contributed by atoms with Crippen molar-refractivity contribution in [3.63, 3.8) is 0 Å². The Balaban J connectivity index is 2.11. The third kappa shape index (κ3) is 4.14. The molecule has 23 heavy (non-hydrogen) atoms. The summed E-state index contributed by atoms with van der Waals surface area (Å²) in [6.07, 6.45) is 0. The van der Waals surface area contributed by atoms with E-state index < -0.39 is 21.8 Å². The number of sulfonamides is 1. The topological polar surface area (TPSA) is 72.5 Å². The van der Waals surface area contributed by atoms with Gasteiger partial charge in [0.25, 0.3) is 0 Å². The maximum absolute atomic E-state index is 13.1. The molecule has 2 aromatic rings. The van der Waals surface area contributed by atoms with E-state index in [4.69, 9.17) is 0 Å². The molecule has 0 unspecified atom stereocenters. The van der Waals surface area contributed by atoms with E-state index in [9.17, 15) is 17.6 Å². The summed E-state index contributed by atoms with van der Waals surface area (Å²) in [7, 11) is -2.46. The fourth-order valence-electron chi connectivity index (χ4n) is 2.05. The lowest BCUT2D eigenvalue weighted by Crippen LogP contribution is -2.24. The SMILES string of the molecule is COC(=O)c1ccc(CNS(=O)(=O)c2ccc(F)cc2C)cc1. The second-order valence-electron chi connectivity index (χ2n) is 4.92. The molecule has 1 N–H and O–H groups in total. The highest BCUT2D eigenvalue weighted by Crippen LogP contribution is 2.16. The molecule has 0 spiro atoms. The second kappa shape index (κ2) is 6.89. The first-order valence-electron chi connectivity index (χ1n) is 6.76. The van der Waals surface area contributed by atoms with Crippen LogP contribution in [-0.2, 0) is 21.3 Å². The monoisotopic (exact) mass is 337 g/mol. The standard InChI is InChI=1S/C16H16FNO4S/c1-11-9-14(17)7-8-15(11)23(20,21)18-10-12-3-5-13(6-4-12)16(19)22-2/h3-9,18H,10H2,1-2H3. The van der Waals surface area contributed by atoms with Crippen molar-refractivity contribution in [2.45, 2.75) is 18.4 Å². The number of carbonyl (C=O) groups excluding carboxylic acids is 1. The summed E-state index contributed by atoms with van der Waals surface area (Å²) >= 11 is 0. The largest absolute Gasteiger partial charge is 0.465 e. The lowest BCUT2D eigenvalue weighted by atomic mass is 10.1. The van der Waals surface area contributed by atoms with E-state index in [0.29, 0.717) is 16.7 Å². The number of halogens is 1. The summed E-state index contributed by atoms with van der Waals surface area (Å²) in [5, 5.41) is 0. The first-order chi connectivity index (χ1) is 10.8. The molecular weight excluding hydrogens is 321 g/mol. The smallest absolute Gasteiger partial charge is 0.337 e. The highest BCUT2D eigenvalue weighted by atomic mass is 32.2. The molecule has 0 aromatic heterocycles. The molecule has 0 bridgehead atoms. The van der Waals surface area contributed by atoms with Gasteiger partial charge in [-0.3, -0.25) is 0 Å². The Morgan fingerprint density at radius 2 is 1.83 bits per heavy atom. The van der Waals surface area contributed by atoms with Crippen molar-refractivity contribution in [3.05, 3.63) is 65.0 Å². The lowest BCUT2D eigenvalue weighted by molar-refractivity contribution is 0.0600. The fourth-order valence-corrected chi connectivity index (χ4v) is 3.29. The van der Waals surface area contributed by atoms with Gasteiger partial charge in [-0.05, 0) is 48.4 Å². The van der Waals surface area contributed by atoms with Crippen LogP contribution in [0.3, 0.4) is 0 Å². The van der Waals surface area contributed by atoms with Crippen molar-refractivity contribution in [2.75, 3.05) is 7.11 Å². The van der Waals surface area contributed by atoms with Gasteiger partial charge in [-0.15, -0.1) is 0 Å². The van der Waals surface area contributed by atoms with Gasteiger partial charge < -0.3 is 4.74 Å². The van der Waals surface area contributed by atoms with Crippen LogP contribution in [0.2, 0.25) is 0 Å². The van der Waals surface area contributed by atoms with Gasteiger partial charge in [-0.1, -0.05) is 12.1 Å². The molecule has 0 heterocycles. The summed E-state index contributed by atoms with van der Waals surface area (Å²) in [5.74, 6) is -0.945. The number of hydrogen-bond donors (Lipinski definition) is 1. The second-order valence-corrected chi connectivity index (χ2v) is 6.66. The van der Waals surface area contributed by atoms with Crippen molar-refractivity contribution in [3.8, 4) is 0 Å². The highest BCUT2D eigenvalue weighted by Gasteiger charge is 2.17. The molecule has 0 aliphatic carbocycles. The minimum Gasteiger partial charge on any atom is -0.465 e. The predicted molar refractivity (Wildman–Crippen MR) is 82.9 cm³/mol. The molecule has 122 valence electrons. The average Bonchev–Trinajstić information content (AvgIpc) is 2.52. The zero-order chi connectivity index (χ0) is 17.0. The van der Waals surface area contributed by atoms with E-state index in [1.807, 2.05) is 0 Å². The summed E-state index contributed by atoms with van der Waals surface area (Å²) < 4.78 is 44.6. The molecule has 2 rings (SSSR count). The number of methoxy groups -OCH3 is 1. The van der Waals surface area contributed by atoms with Crippen LogP contribution < -0.4 is 4.72 Å². The van der Waals surface area contributed by atoms with Crippen LogP contribution >= 0.6 is 0 Å². The summed E-state index contributed by atoms with van der Waals surface area (Å²) in [6, 6.07) is 9.87. The van der Waals surface area contributed by atoms with E-state index >= 15 is 0 Å². The normalized spacial score (nSPS) is 11.3. The molecule has 0 atom stereocenters. The van der Waals surface area contributed by atoms with E-state index in [1.165, 1.54) is 26.2 Å². The van der Waals surface area contributed by atoms with Crippen LogP contribution in [0.1, 0.15) is 21.5 Å². The van der Waals surface area contributed by atoms with E-state index in [0.717, 1.165) is 6.07 Å². The van der Waals surface area contributed by atoms with Gasteiger partial charge in [0.1, 0.15) is 5.82 Å². The van der Waals surface area contributed by atoms with Crippen molar-refractivity contribution < 1.29 is 22.3 Å². The van der Waals surface area contributed by atoms with Gasteiger partial charge in [0.2, 0.25) is 10.0 Å². The zero-order valence-electron chi connectivity index (χ0n) is 12.7. The number of esters is 1. The molecular formula is C16H16FNO4S. The van der Waals surface area contributed by atoms with Gasteiger partial charge in [0.05, 0.1) is 17.6 Å². The zero-order valence-corrected chi connectivity index (χ0v) is 13.5. The van der Waals surface area contributed by atoms with Gasteiger partial charge in [-0.2, -0.15) is 0 Å². The molecule has 0 saturated carbocycles. The number of hydrogen-bond acceptors (Lipinski definition) is 4. The number of benzene rings is 2. The Labute approximate surface area is 134 Å². The van der Waals surface area contributed by atoms with E-state index in [-0.39, 0.29) is 11.4 Å². The minimum absolute atomic E-state index is 0.0325. The van der Waals surface area contributed by atoms with Crippen LogP contribution in [0.15, 0.2) is 47.4 Å². The third-order valence-corrected chi connectivity index (χ3v) is 4.83.